The first-order valence-corrected chi connectivity index (χ1v) is 7.06. The van der Waals surface area contributed by atoms with Gasteiger partial charge in [0.05, 0.1) is 4.92 Å². The Kier molecular flexibility index (Phi) is 5.40. The first-order chi connectivity index (χ1) is 11.5. The van der Waals surface area contributed by atoms with Gasteiger partial charge in [-0.25, -0.2) is 0 Å². The molecule has 2 aromatic carbocycles. The van der Waals surface area contributed by atoms with Crippen LogP contribution in [0.15, 0.2) is 60.3 Å². The Morgan fingerprint density at radius 1 is 1.08 bits per heavy atom. The van der Waals surface area contributed by atoms with Crippen molar-refractivity contribution in [1.82, 2.24) is 5.32 Å². The molecule has 0 aliphatic carbocycles. The number of nitrogens with one attached hydrogen (secondary N) is 2. The fraction of sp³-hybridized carbons (Fsp3) is 0.0588. The van der Waals surface area contributed by atoms with Crippen molar-refractivity contribution in [3.63, 3.8) is 0 Å². The van der Waals surface area contributed by atoms with Crippen LogP contribution in [0.25, 0.3) is 6.08 Å². The van der Waals surface area contributed by atoms with Crippen molar-refractivity contribution in [2.24, 2.45) is 0 Å². The number of hydrogen-bond donors (Lipinski definition) is 2. The van der Waals surface area contributed by atoms with Crippen LogP contribution in [0.4, 0.5) is 11.4 Å². The third-order valence-corrected chi connectivity index (χ3v) is 2.98. The summed E-state index contributed by atoms with van der Waals surface area (Å²) in [5.74, 6) is -0.946. The molecule has 2 amide bonds. The molecule has 0 fully saturated rings. The number of nitrogens with zero attached hydrogens (tertiary/aromatic N) is 1. The Bertz CT molecular complexity index is 800. The van der Waals surface area contributed by atoms with Gasteiger partial charge in [-0.2, -0.15) is 0 Å². The molecule has 2 rings (SSSR count). The average molecular weight is 325 g/mol. The summed E-state index contributed by atoms with van der Waals surface area (Å²) in [7, 11) is 0. The summed E-state index contributed by atoms with van der Waals surface area (Å²) in [5.41, 5.74) is 0.884. The van der Waals surface area contributed by atoms with Crippen molar-refractivity contribution in [1.29, 1.82) is 0 Å². The third-order valence-electron chi connectivity index (χ3n) is 2.98. The maximum atomic E-state index is 12.3. The van der Waals surface area contributed by atoms with Crippen molar-refractivity contribution < 1.29 is 14.5 Å². The van der Waals surface area contributed by atoms with Gasteiger partial charge < -0.3 is 10.6 Å². The lowest BCUT2D eigenvalue weighted by molar-refractivity contribution is -0.384. The molecule has 0 saturated heterocycles. The number of amides is 2. The maximum Gasteiger partial charge on any atom is 0.272 e. The van der Waals surface area contributed by atoms with E-state index >= 15 is 0 Å². The van der Waals surface area contributed by atoms with E-state index in [-0.39, 0.29) is 11.4 Å². The molecule has 0 aliphatic heterocycles. The second kappa shape index (κ2) is 7.68. The van der Waals surface area contributed by atoms with Crippen LogP contribution in [-0.2, 0) is 9.59 Å². The van der Waals surface area contributed by atoms with E-state index < -0.39 is 16.7 Å². The molecule has 0 bridgehead atoms. The van der Waals surface area contributed by atoms with Crippen LogP contribution in [0.2, 0.25) is 0 Å². The van der Waals surface area contributed by atoms with E-state index in [0.717, 1.165) is 0 Å². The molecule has 0 spiro atoms. The van der Waals surface area contributed by atoms with Crippen LogP contribution in [0.1, 0.15) is 12.5 Å². The summed E-state index contributed by atoms with van der Waals surface area (Å²) in [6.45, 7) is 1.27. The number of nitro groups is 1. The summed E-state index contributed by atoms with van der Waals surface area (Å²) in [4.78, 5) is 34.0. The van der Waals surface area contributed by atoms with Gasteiger partial charge in [0.15, 0.2) is 0 Å². The quantitative estimate of drug-likeness (QED) is 0.501. The lowest BCUT2D eigenvalue weighted by Crippen LogP contribution is -2.28. The van der Waals surface area contributed by atoms with Crippen molar-refractivity contribution in [3.8, 4) is 0 Å². The van der Waals surface area contributed by atoms with Crippen molar-refractivity contribution in [2.75, 3.05) is 5.32 Å². The largest absolute Gasteiger partial charge is 0.322 e. The Hall–Kier alpha value is -3.48. The van der Waals surface area contributed by atoms with Gasteiger partial charge in [0, 0.05) is 24.7 Å². The van der Waals surface area contributed by atoms with Crippen molar-refractivity contribution >= 4 is 29.3 Å². The zero-order valence-electron chi connectivity index (χ0n) is 12.9. The predicted molar refractivity (Wildman–Crippen MR) is 90.0 cm³/mol. The molecule has 0 radical (unpaired) electrons. The standard InChI is InChI=1S/C17H15N3O4/c1-12(21)18-16(17(22)19-14-7-3-2-4-8-14)11-13-6-5-9-15(10-13)20(23)24/h2-11H,1H3,(H,18,21)(H,19,22)/b16-11-. The molecule has 0 aromatic heterocycles. The minimum Gasteiger partial charge on any atom is -0.322 e. The molecule has 122 valence electrons. The summed E-state index contributed by atoms with van der Waals surface area (Å²) >= 11 is 0. The van der Waals surface area contributed by atoms with Gasteiger partial charge in [-0.15, -0.1) is 0 Å². The molecule has 2 aromatic rings. The lowest BCUT2D eigenvalue weighted by atomic mass is 10.1. The number of anilines is 1. The lowest BCUT2D eigenvalue weighted by Gasteiger charge is -2.09. The topological polar surface area (TPSA) is 101 Å². The molecular weight excluding hydrogens is 310 g/mol. The minimum atomic E-state index is -0.528. The Labute approximate surface area is 138 Å². The molecule has 0 aliphatic rings. The summed E-state index contributed by atoms with van der Waals surface area (Å²) < 4.78 is 0. The van der Waals surface area contributed by atoms with E-state index in [9.17, 15) is 19.7 Å². The van der Waals surface area contributed by atoms with Crippen LogP contribution < -0.4 is 10.6 Å². The molecule has 2 N–H and O–H groups in total. The van der Waals surface area contributed by atoms with Gasteiger partial charge in [-0.05, 0) is 23.8 Å². The number of non-ortho nitro benzene ring substituents is 1. The van der Waals surface area contributed by atoms with Crippen LogP contribution >= 0.6 is 0 Å². The van der Waals surface area contributed by atoms with E-state index in [1.165, 1.54) is 31.2 Å². The Balaban J connectivity index is 2.30. The van der Waals surface area contributed by atoms with E-state index in [2.05, 4.69) is 10.6 Å². The second-order valence-corrected chi connectivity index (χ2v) is 4.91. The summed E-state index contributed by atoms with van der Waals surface area (Å²) in [6, 6.07) is 14.5. The normalized spacial score (nSPS) is 10.8. The van der Waals surface area contributed by atoms with E-state index in [0.29, 0.717) is 11.3 Å². The Morgan fingerprint density at radius 3 is 2.42 bits per heavy atom. The number of rotatable bonds is 5. The summed E-state index contributed by atoms with van der Waals surface area (Å²) in [5, 5.41) is 15.9. The van der Waals surface area contributed by atoms with Crippen LogP contribution in [0, 0.1) is 10.1 Å². The third kappa shape index (κ3) is 4.77. The maximum absolute atomic E-state index is 12.3. The van der Waals surface area contributed by atoms with E-state index in [4.69, 9.17) is 0 Å². The zero-order chi connectivity index (χ0) is 17.5. The van der Waals surface area contributed by atoms with E-state index in [1.807, 2.05) is 6.07 Å². The van der Waals surface area contributed by atoms with Crippen LogP contribution in [0.3, 0.4) is 0 Å². The number of nitro benzene ring substituents is 1. The average Bonchev–Trinajstić information content (AvgIpc) is 2.55. The van der Waals surface area contributed by atoms with Gasteiger partial charge in [0.25, 0.3) is 11.6 Å². The molecule has 0 atom stereocenters. The Morgan fingerprint density at radius 2 is 1.79 bits per heavy atom. The molecule has 7 heteroatoms. The minimum absolute atomic E-state index is 0.00755. The van der Waals surface area contributed by atoms with Gasteiger partial charge in [-0.3, -0.25) is 19.7 Å². The fourth-order valence-corrected chi connectivity index (χ4v) is 1.96. The molecule has 7 nitrogen and oxygen atoms in total. The number of benzene rings is 2. The van der Waals surface area contributed by atoms with Gasteiger partial charge in [-0.1, -0.05) is 30.3 Å². The van der Waals surface area contributed by atoms with Crippen LogP contribution in [-0.4, -0.2) is 16.7 Å². The fourth-order valence-electron chi connectivity index (χ4n) is 1.96. The number of para-hydroxylation sites is 1. The monoisotopic (exact) mass is 325 g/mol. The molecule has 0 saturated carbocycles. The molecule has 0 heterocycles. The second-order valence-electron chi connectivity index (χ2n) is 4.91. The highest BCUT2D eigenvalue weighted by Crippen LogP contribution is 2.16. The highest BCUT2D eigenvalue weighted by molar-refractivity contribution is 6.08. The smallest absolute Gasteiger partial charge is 0.272 e. The van der Waals surface area contributed by atoms with Crippen LogP contribution in [0.5, 0.6) is 0 Å². The predicted octanol–water partition coefficient (Wildman–Crippen LogP) is 2.71. The molecule has 0 unspecified atom stereocenters. The highest BCUT2D eigenvalue weighted by Gasteiger charge is 2.12. The number of carbonyl (C=O) groups is 2. The van der Waals surface area contributed by atoms with Gasteiger partial charge >= 0.3 is 0 Å². The highest BCUT2D eigenvalue weighted by atomic mass is 16.6. The number of hydrogen-bond acceptors (Lipinski definition) is 4. The zero-order valence-corrected chi connectivity index (χ0v) is 12.9. The van der Waals surface area contributed by atoms with Crippen molar-refractivity contribution in [2.45, 2.75) is 6.92 Å². The van der Waals surface area contributed by atoms with Gasteiger partial charge in [0.2, 0.25) is 5.91 Å². The first kappa shape index (κ1) is 16.9. The SMILES string of the molecule is CC(=O)N/C(=C\c1cccc([N+](=O)[O-])c1)C(=O)Nc1ccccc1. The number of carbonyl (C=O) groups excluding carboxylic acids is 2. The van der Waals surface area contributed by atoms with Gasteiger partial charge in [0.1, 0.15) is 5.70 Å². The van der Waals surface area contributed by atoms with Crippen molar-refractivity contribution in [3.05, 3.63) is 76.0 Å². The first-order valence-electron chi connectivity index (χ1n) is 7.06. The molecule has 24 heavy (non-hydrogen) atoms. The molecular formula is C17H15N3O4. The summed E-state index contributed by atoms with van der Waals surface area (Å²) in [6.07, 6.45) is 1.38. The van der Waals surface area contributed by atoms with E-state index in [1.54, 1.807) is 30.3 Å².